The van der Waals surface area contributed by atoms with E-state index in [1.807, 2.05) is 19.1 Å². The quantitative estimate of drug-likeness (QED) is 0.872. The Bertz CT molecular complexity index is 496. The minimum atomic E-state index is -0.430. The first-order valence-corrected chi connectivity index (χ1v) is 5.77. The van der Waals surface area contributed by atoms with Gasteiger partial charge in [0.25, 0.3) is 0 Å². The van der Waals surface area contributed by atoms with Crippen LogP contribution in [0, 0.1) is 5.82 Å². The van der Waals surface area contributed by atoms with Gasteiger partial charge in [-0.15, -0.1) is 0 Å². The largest absolute Gasteiger partial charge is 0.508 e. The number of aromatic nitrogens is 1. The number of rotatable bonds is 4. The third-order valence-corrected chi connectivity index (χ3v) is 2.74. The fraction of sp³-hybridized carbons (Fsp3) is 0.214. The Kier molecular flexibility index (Phi) is 3.89. The van der Waals surface area contributed by atoms with Crippen molar-refractivity contribution in [3.63, 3.8) is 0 Å². The molecule has 3 nitrogen and oxygen atoms in total. The average molecular weight is 246 g/mol. The summed E-state index contributed by atoms with van der Waals surface area (Å²) in [5.41, 5.74) is 1.78. The predicted octanol–water partition coefficient (Wildman–Crippen LogP) is 2.78. The van der Waals surface area contributed by atoms with E-state index in [1.165, 1.54) is 6.07 Å². The number of hydrogen-bond donors (Lipinski definition) is 2. The van der Waals surface area contributed by atoms with Crippen LogP contribution >= 0.6 is 0 Å². The van der Waals surface area contributed by atoms with Crippen molar-refractivity contribution in [1.29, 1.82) is 0 Å². The van der Waals surface area contributed by atoms with E-state index in [9.17, 15) is 9.50 Å². The van der Waals surface area contributed by atoms with Crippen molar-refractivity contribution in [3.8, 4) is 5.75 Å². The molecular weight excluding hydrogens is 231 g/mol. The van der Waals surface area contributed by atoms with Gasteiger partial charge in [0.1, 0.15) is 11.6 Å². The summed E-state index contributed by atoms with van der Waals surface area (Å²) in [7, 11) is 0. The van der Waals surface area contributed by atoms with Crippen molar-refractivity contribution in [3.05, 3.63) is 59.7 Å². The molecule has 1 heterocycles. The second-order valence-electron chi connectivity index (χ2n) is 4.21. The number of hydrogen-bond acceptors (Lipinski definition) is 3. The molecule has 0 fully saturated rings. The molecule has 18 heavy (non-hydrogen) atoms. The van der Waals surface area contributed by atoms with Crippen molar-refractivity contribution in [2.24, 2.45) is 0 Å². The summed E-state index contributed by atoms with van der Waals surface area (Å²) >= 11 is 0. The Morgan fingerprint density at radius 1 is 1.39 bits per heavy atom. The molecule has 0 saturated carbocycles. The molecule has 2 N–H and O–H groups in total. The SMILES string of the molecule is C[C@H](NCc1cc(O)cc(F)c1)c1cccnc1. The number of nitrogens with zero attached hydrogens (tertiary/aromatic N) is 1. The zero-order valence-corrected chi connectivity index (χ0v) is 10.1. The highest BCUT2D eigenvalue weighted by atomic mass is 19.1. The highest BCUT2D eigenvalue weighted by Crippen LogP contribution is 2.16. The number of phenols is 1. The van der Waals surface area contributed by atoms with Crippen LogP contribution in [0.3, 0.4) is 0 Å². The maximum atomic E-state index is 13.1. The monoisotopic (exact) mass is 246 g/mol. The normalized spacial score (nSPS) is 12.3. The van der Waals surface area contributed by atoms with E-state index in [0.29, 0.717) is 12.1 Å². The molecule has 94 valence electrons. The molecule has 0 aliphatic heterocycles. The third-order valence-electron chi connectivity index (χ3n) is 2.74. The first-order valence-electron chi connectivity index (χ1n) is 5.77. The van der Waals surface area contributed by atoms with E-state index in [4.69, 9.17) is 0 Å². The number of aromatic hydroxyl groups is 1. The van der Waals surface area contributed by atoms with Gasteiger partial charge >= 0.3 is 0 Å². The molecule has 1 aromatic carbocycles. The van der Waals surface area contributed by atoms with Crippen LogP contribution in [0.15, 0.2) is 42.7 Å². The lowest BCUT2D eigenvalue weighted by atomic mass is 10.1. The molecule has 0 radical (unpaired) electrons. The minimum absolute atomic E-state index is 0.0548. The van der Waals surface area contributed by atoms with E-state index in [2.05, 4.69) is 10.3 Å². The lowest BCUT2D eigenvalue weighted by molar-refractivity contribution is 0.466. The van der Waals surface area contributed by atoms with Gasteiger partial charge in [0, 0.05) is 31.0 Å². The number of benzene rings is 1. The Hall–Kier alpha value is -1.94. The maximum Gasteiger partial charge on any atom is 0.127 e. The lowest BCUT2D eigenvalue weighted by Gasteiger charge is -2.14. The zero-order valence-electron chi connectivity index (χ0n) is 10.1. The number of halogens is 1. The molecule has 1 atom stereocenters. The molecule has 0 bridgehead atoms. The standard InChI is InChI=1S/C14H15FN2O/c1-10(12-3-2-4-16-9-12)17-8-11-5-13(15)7-14(18)6-11/h2-7,9-10,17-18H,8H2,1H3/t10-/m0/s1. The van der Waals surface area contributed by atoms with Gasteiger partial charge < -0.3 is 10.4 Å². The molecule has 0 unspecified atom stereocenters. The van der Waals surface area contributed by atoms with Crippen LogP contribution in [0.25, 0.3) is 0 Å². The first-order chi connectivity index (χ1) is 8.65. The molecule has 0 saturated heterocycles. The molecule has 1 aromatic heterocycles. The van der Waals surface area contributed by atoms with Gasteiger partial charge in [0.15, 0.2) is 0 Å². The van der Waals surface area contributed by atoms with Crippen LogP contribution in [0.2, 0.25) is 0 Å². The summed E-state index contributed by atoms with van der Waals surface area (Å²) in [6, 6.07) is 8.02. The molecule has 0 aliphatic rings. The number of pyridine rings is 1. The molecule has 2 aromatic rings. The highest BCUT2D eigenvalue weighted by Gasteiger charge is 2.05. The van der Waals surface area contributed by atoms with E-state index in [0.717, 1.165) is 11.6 Å². The van der Waals surface area contributed by atoms with Crippen LogP contribution in [-0.2, 0) is 6.54 Å². The van der Waals surface area contributed by atoms with E-state index in [-0.39, 0.29) is 11.8 Å². The molecule has 4 heteroatoms. The van der Waals surface area contributed by atoms with E-state index in [1.54, 1.807) is 18.5 Å². The van der Waals surface area contributed by atoms with Crippen LogP contribution in [0.1, 0.15) is 24.1 Å². The second kappa shape index (κ2) is 5.60. The van der Waals surface area contributed by atoms with Crippen LogP contribution in [-0.4, -0.2) is 10.1 Å². The smallest absolute Gasteiger partial charge is 0.127 e. The van der Waals surface area contributed by atoms with Gasteiger partial charge in [-0.3, -0.25) is 4.98 Å². The van der Waals surface area contributed by atoms with Gasteiger partial charge in [0.2, 0.25) is 0 Å². The molecular formula is C14H15FN2O. The van der Waals surface area contributed by atoms with Crippen molar-refractivity contribution in [2.75, 3.05) is 0 Å². The van der Waals surface area contributed by atoms with Crippen molar-refractivity contribution in [1.82, 2.24) is 10.3 Å². The summed E-state index contributed by atoms with van der Waals surface area (Å²) in [5.74, 6) is -0.485. The summed E-state index contributed by atoms with van der Waals surface area (Å²) in [6.07, 6.45) is 3.52. The fourth-order valence-corrected chi connectivity index (χ4v) is 1.76. The van der Waals surface area contributed by atoms with Gasteiger partial charge in [-0.2, -0.15) is 0 Å². The summed E-state index contributed by atoms with van der Waals surface area (Å²) < 4.78 is 13.1. The third kappa shape index (κ3) is 3.28. The number of phenolic OH excluding ortho intramolecular Hbond substituents is 1. The summed E-state index contributed by atoms with van der Waals surface area (Å²) in [6.45, 7) is 2.50. The molecule has 2 rings (SSSR count). The van der Waals surface area contributed by atoms with Crippen LogP contribution in [0.5, 0.6) is 5.75 Å². The van der Waals surface area contributed by atoms with Gasteiger partial charge in [0.05, 0.1) is 0 Å². The predicted molar refractivity (Wildman–Crippen MR) is 67.6 cm³/mol. The van der Waals surface area contributed by atoms with Gasteiger partial charge in [-0.25, -0.2) is 4.39 Å². The average Bonchev–Trinajstić information content (AvgIpc) is 2.36. The Balaban J connectivity index is 1.99. The molecule has 0 aliphatic carbocycles. The summed E-state index contributed by atoms with van der Waals surface area (Å²) in [4.78, 5) is 4.05. The van der Waals surface area contributed by atoms with Crippen molar-refractivity contribution in [2.45, 2.75) is 19.5 Å². The zero-order chi connectivity index (χ0) is 13.0. The Labute approximate surface area is 105 Å². The topological polar surface area (TPSA) is 45.1 Å². The summed E-state index contributed by atoms with van der Waals surface area (Å²) in [5, 5.41) is 12.6. The highest BCUT2D eigenvalue weighted by molar-refractivity contribution is 5.28. The fourth-order valence-electron chi connectivity index (χ4n) is 1.76. The Morgan fingerprint density at radius 2 is 2.22 bits per heavy atom. The van der Waals surface area contributed by atoms with E-state index < -0.39 is 5.82 Å². The minimum Gasteiger partial charge on any atom is -0.508 e. The first kappa shape index (κ1) is 12.5. The van der Waals surface area contributed by atoms with E-state index >= 15 is 0 Å². The van der Waals surface area contributed by atoms with Crippen LogP contribution < -0.4 is 5.32 Å². The maximum absolute atomic E-state index is 13.1. The van der Waals surface area contributed by atoms with Gasteiger partial charge in [-0.05, 0) is 36.2 Å². The van der Waals surface area contributed by atoms with Crippen molar-refractivity contribution < 1.29 is 9.50 Å². The molecule has 0 spiro atoms. The Morgan fingerprint density at radius 3 is 2.89 bits per heavy atom. The molecule has 0 amide bonds. The van der Waals surface area contributed by atoms with Gasteiger partial charge in [-0.1, -0.05) is 6.07 Å². The van der Waals surface area contributed by atoms with Crippen LogP contribution in [0.4, 0.5) is 4.39 Å². The second-order valence-corrected chi connectivity index (χ2v) is 4.21. The van der Waals surface area contributed by atoms with Crippen molar-refractivity contribution >= 4 is 0 Å². The number of nitrogens with one attached hydrogen (secondary N) is 1. The lowest BCUT2D eigenvalue weighted by Crippen LogP contribution is -2.18.